The molecule has 1 aliphatic carbocycles. The van der Waals surface area contributed by atoms with Crippen molar-refractivity contribution < 1.29 is 19.5 Å². The molecule has 0 aromatic rings. The molecule has 2 rings (SSSR count). The van der Waals surface area contributed by atoms with Crippen molar-refractivity contribution in [2.75, 3.05) is 0 Å². The molecule has 2 aliphatic rings. The molecule has 2 fully saturated rings. The highest BCUT2D eigenvalue weighted by molar-refractivity contribution is 6.11. The first kappa shape index (κ1) is 11.8. The summed E-state index contributed by atoms with van der Waals surface area (Å²) in [5.41, 5.74) is -0.214. The Balaban J connectivity index is 2.33. The van der Waals surface area contributed by atoms with E-state index in [0.29, 0.717) is 12.8 Å². The van der Waals surface area contributed by atoms with Crippen LogP contribution >= 0.6 is 0 Å². The zero-order valence-corrected chi connectivity index (χ0v) is 9.68. The van der Waals surface area contributed by atoms with Gasteiger partial charge in [0, 0.05) is 0 Å². The fraction of sp³-hybridized carbons (Fsp3) is 0.583. The van der Waals surface area contributed by atoms with Gasteiger partial charge < -0.3 is 5.11 Å². The number of aliphatic carboxylic acids is 1. The Morgan fingerprint density at radius 3 is 2.06 bits per heavy atom. The molecule has 1 N–H and O–H groups in total. The van der Waals surface area contributed by atoms with Crippen LogP contribution in [0.5, 0.6) is 0 Å². The summed E-state index contributed by atoms with van der Waals surface area (Å²) < 4.78 is 0. The second-order valence-electron chi connectivity index (χ2n) is 4.49. The van der Waals surface area contributed by atoms with Gasteiger partial charge in [-0.3, -0.25) is 9.59 Å². The highest BCUT2D eigenvalue weighted by Crippen LogP contribution is 2.39. The third-order valence-corrected chi connectivity index (χ3v) is 3.57. The van der Waals surface area contributed by atoms with Crippen LogP contribution in [0.4, 0.5) is 0 Å². The summed E-state index contributed by atoms with van der Waals surface area (Å²) in [6.45, 7) is 1.52. The minimum atomic E-state index is -1.23. The molecule has 1 saturated heterocycles. The average molecular weight is 237 g/mol. The van der Waals surface area contributed by atoms with Crippen LogP contribution in [0.1, 0.15) is 32.6 Å². The van der Waals surface area contributed by atoms with Gasteiger partial charge in [0.25, 0.3) is 0 Å². The average Bonchev–Trinajstić information content (AvgIpc) is 2.56. The Bertz CT molecular complexity index is 389. The number of imide groups is 1. The zero-order valence-electron chi connectivity index (χ0n) is 9.68. The molecule has 2 atom stereocenters. The molecule has 2 amide bonds. The molecule has 92 valence electrons. The summed E-state index contributed by atoms with van der Waals surface area (Å²) in [5.74, 6) is -2.51. The summed E-state index contributed by atoms with van der Waals surface area (Å²) in [6, 6.07) is 0. The van der Waals surface area contributed by atoms with Crippen molar-refractivity contribution in [3.8, 4) is 0 Å². The molecular weight excluding hydrogens is 222 g/mol. The third-order valence-electron chi connectivity index (χ3n) is 3.57. The van der Waals surface area contributed by atoms with Gasteiger partial charge in [0.1, 0.15) is 5.70 Å². The van der Waals surface area contributed by atoms with Gasteiger partial charge in [-0.1, -0.05) is 18.9 Å². The van der Waals surface area contributed by atoms with E-state index in [9.17, 15) is 14.4 Å². The lowest BCUT2D eigenvalue weighted by Gasteiger charge is -2.19. The molecule has 5 nitrogen and oxygen atoms in total. The van der Waals surface area contributed by atoms with Crippen LogP contribution in [0.3, 0.4) is 0 Å². The fourth-order valence-electron chi connectivity index (χ4n) is 2.75. The van der Waals surface area contributed by atoms with Crippen LogP contribution < -0.4 is 0 Å². The van der Waals surface area contributed by atoms with Gasteiger partial charge in [-0.25, -0.2) is 9.69 Å². The zero-order chi connectivity index (χ0) is 12.6. The van der Waals surface area contributed by atoms with Crippen LogP contribution in [0.2, 0.25) is 0 Å². The minimum absolute atomic E-state index is 0.214. The van der Waals surface area contributed by atoms with Gasteiger partial charge in [0.05, 0.1) is 11.8 Å². The second kappa shape index (κ2) is 4.31. The van der Waals surface area contributed by atoms with E-state index in [1.807, 2.05) is 0 Å². The second-order valence-corrected chi connectivity index (χ2v) is 4.49. The maximum absolute atomic E-state index is 12.1. The standard InChI is InChI=1S/C12H15NO4/c1-2-9(12(16)17)13-10(14)7-5-3-4-6-8(7)11(13)15/h2,7-8H,3-6H2,1H3,(H,16,17)/b9-2-/t7-,8+. The number of nitrogens with zero attached hydrogens (tertiary/aromatic N) is 1. The third kappa shape index (κ3) is 1.75. The Morgan fingerprint density at radius 2 is 1.71 bits per heavy atom. The van der Waals surface area contributed by atoms with Crippen molar-refractivity contribution in [2.24, 2.45) is 11.8 Å². The summed E-state index contributed by atoms with van der Waals surface area (Å²) >= 11 is 0. The molecule has 1 saturated carbocycles. The predicted molar refractivity (Wildman–Crippen MR) is 58.7 cm³/mol. The van der Waals surface area contributed by atoms with Crippen molar-refractivity contribution >= 4 is 17.8 Å². The topological polar surface area (TPSA) is 74.7 Å². The summed E-state index contributed by atoms with van der Waals surface area (Å²) in [7, 11) is 0. The predicted octanol–water partition coefficient (Wildman–Crippen LogP) is 1.15. The van der Waals surface area contributed by atoms with Crippen LogP contribution in [-0.2, 0) is 14.4 Å². The van der Waals surface area contributed by atoms with Crippen LogP contribution in [0.25, 0.3) is 0 Å². The smallest absolute Gasteiger partial charge is 0.352 e. The van der Waals surface area contributed by atoms with Crippen LogP contribution in [0.15, 0.2) is 11.8 Å². The Hall–Kier alpha value is -1.65. The molecule has 0 spiro atoms. The number of carbonyl (C=O) groups is 3. The van der Waals surface area contributed by atoms with E-state index >= 15 is 0 Å². The van der Waals surface area contributed by atoms with E-state index in [1.54, 1.807) is 0 Å². The van der Waals surface area contributed by atoms with E-state index in [-0.39, 0.29) is 29.3 Å². The molecular formula is C12H15NO4. The van der Waals surface area contributed by atoms with Crippen molar-refractivity contribution in [2.45, 2.75) is 32.6 Å². The first-order valence-corrected chi connectivity index (χ1v) is 5.85. The quantitative estimate of drug-likeness (QED) is 0.577. The number of carboxylic acid groups (broad SMARTS) is 1. The maximum Gasteiger partial charge on any atom is 0.352 e. The monoisotopic (exact) mass is 237 g/mol. The van der Waals surface area contributed by atoms with Crippen molar-refractivity contribution in [3.63, 3.8) is 0 Å². The largest absolute Gasteiger partial charge is 0.477 e. The van der Waals surface area contributed by atoms with Crippen LogP contribution in [-0.4, -0.2) is 27.8 Å². The number of carbonyl (C=O) groups excluding carboxylic acids is 2. The lowest BCUT2D eigenvalue weighted by Crippen LogP contribution is -2.33. The highest BCUT2D eigenvalue weighted by Gasteiger charge is 2.50. The molecule has 17 heavy (non-hydrogen) atoms. The first-order chi connectivity index (χ1) is 8.07. The van der Waals surface area contributed by atoms with E-state index < -0.39 is 5.97 Å². The van der Waals surface area contributed by atoms with E-state index in [1.165, 1.54) is 13.0 Å². The first-order valence-electron chi connectivity index (χ1n) is 5.85. The molecule has 1 heterocycles. The van der Waals surface area contributed by atoms with Crippen molar-refractivity contribution in [1.29, 1.82) is 0 Å². The van der Waals surface area contributed by atoms with Crippen molar-refractivity contribution in [3.05, 3.63) is 11.8 Å². The number of amides is 2. The number of rotatable bonds is 2. The van der Waals surface area contributed by atoms with E-state index in [4.69, 9.17) is 5.11 Å². The van der Waals surface area contributed by atoms with Gasteiger partial charge in [-0.05, 0) is 19.8 Å². The van der Waals surface area contributed by atoms with Gasteiger partial charge in [-0.15, -0.1) is 0 Å². The fourth-order valence-corrected chi connectivity index (χ4v) is 2.75. The molecule has 0 unspecified atom stereocenters. The summed E-state index contributed by atoms with van der Waals surface area (Å²) in [6.07, 6.45) is 4.57. The van der Waals surface area contributed by atoms with Gasteiger partial charge in [0.2, 0.25) is 11.8 Å². The molecule has 0 aromatic carbocycles. The van der Waals surface area contributed by atoms with E-state index in [0.717, 1.165) is 17.7 Å². The SMILES string of the molecule is C/C=C(/C(=O)O)N1C(=O)[C@H]2CCCC[C@H]2C1=O. The molecule has 0 aromatic heterocycles. The number of allylic oxidation sites excluding steroid dienone is 1. The minimum Gasteiger partial charge on any atom is -0.477 e. The number of carboxylic acids is 1. The Kier molecular flexibility index (Phi) is 3.00. The lowest BCUT2D eigenvalue weighted by atomic mass is 9.81. The summed E-state index contributed by atoms with van der Waals surface area (Å²) in [5, 5.41) is 8.99. The molecule has 1 aliphatic heterocycles. The maximum atomic E-state index is 12.1. The Morgan fingerprint density at radius 1 is 1.24 bits per heavy atom. The highest BCUT2D eigenvalue weighted by atomic mass is 16.4. The number of hydrogen-bond donors (Lipinski definition) is 1. The number of hydrogen-bond acceptors (Lipinski definition) is 3. The van der Waals surface area contributed by atoms with Crippen LogP contribution in [0, 0.1) is 11.8 Å². The number of fused-ring (bicyclic) bond motifs is 1. The van der Waals surface area contributed by atoms with Crippen molar-refractivity contribution in [1.82, 2.24) is 4.90 Å². The normalized spacial score (nSPS) is 29.5. The summed E-state index contributed by atoms with van der Waals surface area (Å²) in [4.78, 5) is 36.0. The lowest BCUT2D eigenvalue weighted by molar-refractivity contribution is -0.144. The Labute approximate surface area is 99.1 Å². The van der Waals surface area contributed by atoms with Gasteiger partial charge in [-0.2, -0.15) is 0 Å². The number of likely N-dealkylation sites (tertiary alicyclic amines) is 1. The molecule has 0 bridgehead atoms. The molecule has 5 heteroatoms. The molecule has 0 radical (unpaired) electrons. The van der Waals surface area contributed by atoms with Gasteiger partial charge >= 0.3 is 5.97 Å². The van der Waals surface area contributed by atoms with E-state index in [2.05, 4.69) is 0 Å². The van der Waals surface area contributed by atoms with Gasteiger partial charge in [0.15, 0.2) is 0 Å².